The predicted molar refractivity (Wildman–Crippen MR) is 107 cm³/mol. The second-order valence-electron chi connectivity index (χ2n) is 6.74. The molecule has 0 bridgehead atoms. The molecule has 0 spiro atoms. The monoisotopic (exact) mass is 356 g/mol. The van der Waals surface area contributed by atoms with E-state index in [1.807, 2.05) is 18.3 Å². The molecule has 134 valence electrons. The van der Waals surface area contributed by atoms with Crippen molar-refractivity contribution in [1.29, 1.82) is 0 Å². The van der Waals surface area contributed by atoms with Gasteiger partial charge in [0.15, 0.2) is 5.11 Å². The van der Waals surface area contributed by atoms with Gasteiger partial charge in [-0.3, -0.25) is 4.98 Å². The minimum atomic E-state index is 0.0939. The third-order valence-electron chi connectivity index (χ3n) is 5.20. The molecule has 0 amide bonds. The quantitative estimate of drug-likeness (QED) is 0.783. The van der Waals surface area contributed by atoms with Crippen molar-refractivity contribution in [3.05, 3.63) is 53.1 Å². The Hall–Kier alpha value is -1.88. The Bertz CT molecular complexity index is 738. The molecule has 3 rings (SSSR count). The molecule has 2 aromatic rings. The number of aromatic nitrogens is 2. The van der Waals surface area contributed by atoms with Crippen LogP contribution in [-0.4, -0.2) is 26.1 Å². The zero-order chi connectivity index (χ0) is 18.0. The van der Waals surface area contributed by atoms with Crippen molar-refractivity contribution >= 4 is 17.3 Å². The van der Waals surface area contributed by atoms with Gasteiger partial charge in [-0.2, -0.15) is 0 Å². The first-order valence-corrected chi connectivity index (χ1v) is 9.64. The summed E-state index contributed by atoms with van der Waals surface area (Å²) in [5.41, 5.74) is 5.05. The van der Waals surface area contributed by atoms with Crippen molar-refractivity contribution in [1.82, 2.24) is 19.8 Å². The van der Waals surface area contributed by atoms with Gasteiger partial charge in [0.1, 0.15) is 0 Å². The highest BCUT2D eigenvalue weighted by Crippen LogP contribution is 2.40. The number of hydrogen-bond donors (Lipinski definition) is 1. The number of thiocarbonyl (C=S) groups is 1. The minimum absolute atomic E-state index is 0.0939. The molecule has 2 atom stereocenters. The van der Waals surface area contributed by atoms with E-state index in [0.717, 1.165) is 36.7 Å². The molecular formula is C20H28N4S. The van der Waals surface area contributed by atoms with Crippen molar-refractivity contribution in [2.45, 2.75) is 59.2 Å². The third kappa shape index (κ3) is 3.30. The second-order valence-corrected chi connectivity index (χ2v) is 7.13. The molecule has 0 radical (unpaired) electrons. The molecule has 1 aliphatic heterocycles. The predicted octanol–water partition coefficient (Wildman–Crippen LogP) is 4.29. The van der Waals surface area contributed by atoms with Gasteiger partial charge in [-0.15, -0.1) is 0 Å². The maximum Gasteiger partial charge on any atom is 0.170 e. The van der Waals surface area contributed by atoms with Gasteiger partial charge in [-0.05, 0) is 63.2 Å². The lowest BCUT2D eigenvalue weighted by Crippen LogP contribution is -2.30. The van der Waals surface area contributed by atoms with Crippen LogP contribution in [0.2, 0.25) is 0 Å². The van der Waals surface area contributed by atoms with Gasteiger partial charge >= 0.3 is 0 Å². The number of pyridine rings is 1. The first kappa shape index (κ1) is 17.9. The molecule has 4 nitrogen and oxygen atoms in total. The fourth-order valence-electron chi connectivity index (χ4n) is 3.93. The van der Waals surface area contributed by atoms with Crippen molar-refractivity contribution in [3.8, 4) is 0 Å². The van der Waals surface area contributed by atoms with Gasteiger partial charge in [-0.1, -0.05) is 19.4 Å². The van der Waals surface area contributed by atoms with Crippen molar-refractivity contribution < 1.29 is 0 Å². The van der Waals surface area contributed by atoms with Gasteiger partial charge in [0.05, 0.1) is 17.8 Å². The molecule has 0 saturated carbocycles. The van der Waals surface area contributed by atoms with Crippen molar-refractivity contribution in [2.24, 2.45) is 0 Å². The van der Waals surface area contributed by atoms with Gasteiger partial charge in [-0.25, -0.2) is 0 Å². The zero-order valence-corrected chi connectivity index (χ0v) is 16.4. The van der Waals surface area contributed by atoms with Gasteiger partial charge in [0, 0.05) is 30.7 Å². The highest BCUT2D eigenvalue weighted by molar-refractivity contribution is 7.80. The highest BCUT2D eigenvalue weighted by Gasteiger charge is 2.40. The Morgan fingerprint density at radius 2 is 2.04 bits per heavy atom. The molecule has 0 unspecified atom stereocenters. The van der Waals surface area contributed by atoms with E-state index in [9.17, 15) is 0 Å². The van der Waals surface area contributed by atoms with Crippen molar-refractivity contribution in [3.63, 3.8) is 0 Å². The maximum absolute atomic E-state index is 5.70. The number of nitrogens with zero attached hydrogens (tertiary/aromatic N) is 3. The molecule has 5 heteroatoms. The summed E-state index contributed by atoms with van der Waals surface area (Å²) in [5, 5.41) is 4.38. The van der Waals surface area contributed by atoms with E-state index in [2.05, 4.69) is 59.6 Å². The molecular weight excluding hydrogens is 328 g/mol. The Labute approximate surface area is 156 Å². The Kier molecular flexibility index (Phi) is 5.42. The average molecular weight is 357 g/mol. The van der Waals surface area contributed by atoms with E-state index in [0.29, 0.717) is 0 Å². The molecule has 1 aliphatic rings. The number of nitrogens with one attached hydrogen (secondary N) is 1. The number of rotatable bonds is 6. The highest BCUT2D eigenvalue weighted by atomic mass is 32.1. The van der Waals surface area contributed by atoms with E-state index >= 15 is 0 Å². The molecule has 1 saturated heterocycles. The maximum atomic E-state index is 5.70. The molecule has 2 aromatic heterocycles. The van der Waals surface area contributed by atoms with Gasteiger partial charge in [0.2, 0.25) is 0 Å². The number of unbranched alkanes of at least 4 members (excludes halogenated alkanes) is 1. The summed E-state index contributed by atoms with van der Waals surface area (Å²) < 4.78 is 2.38. The lowest BCUT2D eigenvalue weighted by atomic mass is 9.96. The topological polar surface area (TPSA) is 33.1 Å². The number of hydrogen-bond acceptors (Lipinski definition) is 2. The minimum Gasteiger partial charge on any atom is -0.352 e. The van der Waals surface area contributed by atoms with Crippen LogP contribution in [0.25, 0.3) is 0 Å². The number of aryl methyl sites for hydroxylation is 1. The van der Waals surface area contributed by atoms with E-state index in [1.54, 1.807) is 0 Å². The summed E-state index contributed by atoms with van der Waals surface area (Å²) in [5.74, 6) is 0. The summed E-state index contributed by atoms with van der Waals surface area (Å²) in [6.45, 7) is 10.8. The van der Waals surface area contributed by atoms with Crippen LogP contribution < -0.4 is 5.32 Å². The molecule has 25 heavy (non-hydrogen) atoms. The average Bonchev–Trinajstić information content (AvgIpc) is 3.09. The summed E-state index contributed by atoms with van der Waals surface area (Å²) in [6, 6.07) is 8.72. The van der Waals surface area contributed by atoms with E-state index in [-0.39, 0.29) is 12.1 Å². The Balaban J connectivity index is 2.06. The van der Waals surface area contributed by atoms with Crippen LogP contribution in [0.5, 0.6) is 0 Å². The summed E-state index contributed by atoms with van der Waals surface area (Å²) >= 11 is 5.70. The van der Waals surface area contributed by atoms with Crippen LogP contribution in [-0.2, 0) is 6.54 Å². The van der Waals surface area contributed by atoms with Crippen LogP contribution in [0.1, 0.15) is 61.4 Å². The molecule has 0 aromatic carbocycles. The molecule has 1 N–H and O–H groups in total. The van der Waals surface area contributed by atoms with Crippen LogP contribution in [0, 0.1) is 13.8 Å². The molecule has 3 heterocycles. The van der Waals surface area contributed by atoms with E-state index < -0.39 is 0 Å². The normalized spacial score (nSPS) is 20.2. The van der Waals surface area contributed by atoms with Crippen LogP contribution >= 0.6 is 12.2 Å². The van der Waals surface area contributed by atoms with E-state index in [4.69, 9.17) is 12.2 Å². The fourth-order valence-corrected chi connectivity index (χ4v) is 4.26. The Morgan fingerprint density at radius 1 is 1.24 bits per heavy atom. The van der Waals surface area contributed by atoms with E-state index in [1.165, 1.54) is 17.0 Å². The van der Waals surface area contributed by atoms with Crippen LogP contribution in [0.3, 0.4) is 0 Å². The van der Waals surface area contributed by atoms with Gasteiger partial charge < -0.3 is 14.8 Å². The Morgan fingerprint density at radius 3 is 2.64 bits per heavy atom. The van der Waals surface area contributed by atoms with Crippen LogP contribution in [0.15, 0.2) is 30.5 Å². The largest absolute Gasteiger partial charge is 0.352 e. The SMILES string of the molecule is CCCCN1C(=S)N[C@H](c2ccccn2)[C@@H]1c1cc(C)n(CC)c1C. The first-order chi connectivity index (χ1) is 12.1. The van der Waals surface area contributed by atoms with Gasteiger partial charge in [0.25, 0.3) is 0 Å². The standard InChI is InChI=1S/C20H28N4S/c1-5-7-12-24-19(16-13-14(3)23(6-2)15(16)4)18(22-20(24)25)17-10-8-9-11-21-17/h8-11,13,18-19H,5-7,12H2,1-4H3,(H,22,25)/t18-,19+/m1/s1. The van der Waals surface area contributed by atoms with Crippen LogP contribution in [0.4, 0.5) is 0 Å². The second kappa shape index (κ2) is 7.56. The summed E-state index contributed by atoms with van der Waals surface area (Å²) in [6.07, 6.45) is 4.16. The molecule has 1 fully saturated rings. The molecule has 0 aliphatic carbocycles. The third-order valence-corrected chi connectivity index (χ3v) is 5.55. The van der Waals surface area contributed by atoms with Crippen molar-refractivity contribution in [2.75, 3.05) is 6.54 Å². The fraction of sp³-hybridized carbons (Fsp3) is 0.500. The first-order valence-electron chi connectivity index (χ1n) is 9.23. The summed E-state index contributed by atoms with van der Waals surface area (Å²) in [4.78, 5) is 6.97. The summed E-state index contributed by atoms with van der Waals surface area (Å²) in [7, 11) is 0. The lowest BCUT2D eigenvalue weighted by Gasteiger charge is -2.28. The zero-order valence-electron chi connectivity index (χ0n) is 15.6. The smallest absolute Gasteiger partial charge is 0.170 e. The lowest BCUT2D eigenvalue weighted by molar-refractivity contribution is 0.311.